The molecule has 0 fully saturated rings. The van der Waals surface area contributed by atoms with Crippen molar-refractivity contribution in [1.29, 1.82) is 0 Å². The normalized spacial score (nSPS) is 11.4. The first-order valence-corrected chi connectivity index (χ1v) is 10.8. The van der Waals surface area contributed by atoms with Crippen LogP contribution in [0.4, 0.5) is 0 Å². The predicted molar refractivity (Wildman–Crippen MR) is 118 cm³/mol. The molecule has 6 nitrogen and oxygen atoms in total. The summed E-state index contributed by atoms with van der Waals surface area (Å²) in [5, 5.41) is 3.85. The van der Waals surface area contributed by atoms with Crippen molar-refractivity contribution >= 4 is 16.2 Å². The Morgan fingerprint density at radius 2 is 1.73 bits per heavy atom. The van der Waals surface area contributed by atoms with Gasteiger partial charge in [-0.3, -0.25) is 0 Å². The summed E-state index contributed by atoms with van der Waals surface area (Å²) in [5.41, 5.74) is 4.12. The van der Waals surface area contributed by atoms with Crippen LogP contribution in [0.2, 0.25) is 0 Å². The quantitative estimate of drug-likeness (QED) is 0.434. The summed E-state index contributed by atoms with van der Waals surface area (Å²) in [5.74, 6) is 1.13. The van der Waals surface area contributed by atoms with Crippen LogP contribution in [0.3, 0.4) is 0 Å². The lowest BCUT2D eigenvalue weighted by Gasteiger charge is -2.13. The van der Waals surface area contributed by atoms with Crippen molar-refractivity contribution in [1.82, 2.24) is 4.83 Å². The van der Waals surface area contributed by atoms with E-state index in [9.17, 15) is 8.42 Å². The molecule has 0 aromatic heterocycles. The third-order valence-electron chi connectivity index (χ3n) is 4.52. The minimum Gasteiger partial charge on any atom is -0.493 e. The third kappa shape index (κ3) is 5.39. The second-order valence-corrected chi connectivity index (χ2v) is 8.46. The summed E-state index contributed by atoms with van der Waals surface area (Å²) in [6.07, 6.45) is 1.41. The van der Waals surface area contributed by atoms with Crippen LogP contribution in [0.5, 0.6) is 11.5 Å². The lowest BCUT2D eigenvalue weighted by Crippen LogP contribution is -2.18. The van der Waals surface area contributed by atoms with Gasteiger partial charge in [0.1, 0.15) is 6.61 Å². The van der Waals surface area contributed by atoms with Gasteiger partial charge in [-0.25, -0.2) is 4.83 Å². The average molecular weight is 425 g/mol. The van der Waals surface area contributed by atoms with E-state index in [1.54, 1.807) is 43.5 Å². The van der Waals surface area contributed by atoms with E-state index in [1.807, 2.05) is 13.8 Å². The largest absolute Gasteiger partial charge is 0.493 e. The molecule has 156 valence electrons. The molecule has 0 spiro atoms. The number of hydrogen-bond acceptors (Lipinski definition) is 5. The molecule has 7 heteroatoms. The zero-order valence-corrected chi connectivity index (χ0v) is 17.9. The fraction of sp³-hybridized carbons (Fsp3) is 0.174. The zero-order chi connectivity index (χ0) is 21.6. The Bertz CT molecular complexity index is 1140. The van der Waals surface area contributed by atoms with Crippen molar-refractivity contribution in [2.24, 2.45) is 5.10 Å². The second kappa shape index (κ2) is 9.45. The first kappa shape index (κ1) is 21.4. The van der Waals surface area contributed by atoms with Crippen molar-refractivity contribution in [3.8, 4) is 11.5 Å². The van der Waals surface area contributed by atoms with Crippen LogP contribution in [0, 0.1) is 13.8 Å². The highest BCUT2D eigenvalue weighted by molar-refractivity contribution is 7.89. The van der Waals surface area contributed by atoms with Crippen LogP contribution in [0.1, 0.15) is 22.3 Å². The van der Waals surface area contributed by atoms with E-state index in [4.69, 9.17) is 9.47 Å². The van der Waals surface area contributed by atoms with Gasteiger partial charge in [0.05, 0.1) is 18.2 Å². The van der Waals surface area contributed by atoms with Gasteiger partial charge in [-0.1, -0.05) is 42.0 Å². The van der Waals surface area contributed by atoms with E-state index in [1.165, 1.54) is 23.9 Å². The fourth-order valence-electron chi connectivity index (χ4n) is 2.82. The van der Waals surface area contributed by atoms with Gasteiger partial charge in [0.25, 0.3) is 10.0 Å². The van der Waals surface area contributed by atoms with Crippen LogP contribution < -0.4 is 14.3 Å². The molecule has 0 aliphatic rings. The summed E-state index contributed by atoms with van der Waals surface area (Å²) >= 11 is 0. The Kier molecular flexibility index (Phi) is 6.74. The highest BCUT2D eigenvalue weighted by Crippen LogP contribution is 2.28. The molecule has 0 amide bonds. The van der Waals surface area contributed by atoms with Crippen LogP contribution in [-0.4, -0.2) is 21.7 Å². The van der Waals surface area contributed by atoms with Gasteiger partial charge in [0.15, 0.2) is 11.5 Å². The molecule has 0 aliphatic carbocycles. The van der Waals surface area contributed by atoms with Crippen molar-refractivity contribution < 1.29 is 17.9 Å². The Morgan fingerprint density at radius 3 is 2.47 bits per heavy atom. The zero-order valence-electron chi connectivity index (χ0n) is 17.1. The maximum Gasteiger partial charge on any atom is 0.276 e. The molecule has 0 heterocycles. The van der Waals surface area contributed by atoms with E-state index in [-0.39, 0.29) is 4.90 Å². The second-order valence-electron chi connectivity index (χ2n) is 6.79. The molecule has 30 heavy (non-hydrogen) atoms. The minimum absolute atomic E-state index is 0.148. The lowest BCUT2D eigenvalue weighted by atomic mass is 10.1. The molecule has 0 saturated carbocycles. The van der Waals surface area contributed by atoms with Gasteiger partial charge < -0.3 is 9.47 Å². The molecule has 0 atom stereocenters. The SMILES string of the molecule is COc1cc(/C=N/NS(=O)(=O)c2ccccc2)ccc1OCc1cc(C)ccc1C. The minimum atomic E-state index is -3.71. The van der Waals surface area contributed by atoms with E-state index in [0.717, 1.165) is 11.1 Å². The van der Waals surface area contributed by atoms with E-state index in [0.29, 0.717) is 23.7 Å². The van der Waals surface area contributed by atoms with E-state index < -0.39 is 10.0 Å². The average Bonchev–Trinajstić information content (AvgIpc) is 2.75. The monoisotopic (exact) mass is 424 g/mol. The number of nitrogens with one attached hydrogen (secondary N) is 1. The van der Waals surface area contributed by atoms with Gasteiger partial charge in [-0.15, -0.1) is 0 Å². The number of hydrazone groups is 1. The van der Waals surface area contributed by atoms with E-state index in [2.05, 4.69) is 28.1 Å². The summed E-state index contributed by atoms with van der Waals surface area (Å²) in [7, 11) is -2.15. The summed E-state index contributed by atoms with van der Waals surface area (Å²) in [6, 6.07) is 19.6. The molecular weight excluding hydrogens is 400 g/mol. The number of ether oxygens (including phenoxy) is 2. The smallest absolute Gasteiger partial charge is 0.276 e. The van der Waals surface area contributed by atoms with Gasteiger partial charge in [-0.05, 0) is 60.9 Å². The van der Waals surface area contributed by atoms with Crippen LogP contribution >= 0.6 is 0 Å². The Hall–Kier alpha value is -3.32. The predicted octanol–water partition coefficient (Wildman–Crippen LogP) is 4.20. The first-order valence-electron chi connectivity index (χ1n) is 9.36. The molecule has 0 aliphatic heterocycles. The number of aryl methyl sites for hydroxylation is 2. The summed E-state index contributed by atoms with van der Waals surface area (Å²) in [6.45, 7) is 4.52. The molecule has 3 aromatic carbocycles. The number of sulfonamides is 1. The highest BCUT2D eigenvalue weighted by Gasteiger charge is 2.11. The van der Waals surface area contributed by atoms with Gasteiger partial charge >= 0.3 is 0 Å². The van der Waals surface area contributed by atoms with Gasteiger partial charge in [0, 0.05) is 0 Å². The Labute approximate surface area is 177 Å². The number of nitrogens with zero attached hydrogens (tertiary/aromatic N) is 1. The number of benzene rings is 3. The topological polar surface area (TPSA) is 77.0 Å². The Balaban J connectivity index is 1.69. The first-order chi connectivity index (χ1) is 14.4. The van der Waals surface area contributed by atoms with Crippen molar-refractivity contribution in [3.05, 3.63) is 89.0 Å². The molecular formula is C23H24N2O4S. The van der Waals surface area contributed by atoms with Crippen molar-refractivity contribution in [3.63, 3.8) is 0 Å². The van der Waals surface area contributed by atoms with E-state index >= 15 is 0 Å². The molecule has 0 bridgehead atoms. The lowest BCUT2D eigenvalue weighted by molar-refractivity contribution is 0.284. The standard InChI is InChI=1S/C23H24N2O4S/c1-17-9-10-18(2)20(13-17)16-29-22-12-11-19(14-23(22)28-3)15-24-25-30(26,27)21-7-5-4-6-8-21/h4-15,25H,16H2,1-3H3/b24-15+. The Morgan fingerprint density at radius 1 is 0.967 bits per heavy atom. The van der Waals surface area contributed by atoms with Crippen molar-refractivity contribution in [2.75, 3.05) is 7.11 Å². The molecule has 0 unspecified atom stereocenters. The maximum atomic E-state index is 12.2. The van der Waals surface area contributed by atoms with Gasteiger partial charge in [0.2, 0.25) is 0 Å². The van der Waals surface area contributed by atoms with Crippen LogP contribution in [0.15, 0.2) is 76.7 Å². The summed E-state index contributed by atoms with van der Waals surface area (Å²) < 4.78 is 35.8. The van der Waals surface area contributed by atoms with Gasteiger partial charge in [-0.2, -0.15) is 13.5 Å². The van der Waals surface area contributed by atoms with Crippen LogP contribution in [0.25, 0.3) is 0 Å². The maximum absolute atomic E-state index is 12.2. The molecule has 0 saturated heterocycles. The fourth-order valence-corrected chi connectivity index (χ4v) is 3.63. The molecule has 3 aromatic rings. The number of hydrogen-bond donors (Lipinski definition) is 1. The number of methoxy groups -OCH3 is 1. The molecule has 1 N–H and O–H groups in total. The summed E-state index contributed by atoms with van der Waals surface area (Å²) in [4.78, 5) is 2.35. The number of rotatable bonds is 8. The van der Waals surface area contributed by atoms with Crippen LogP contribution in [-0.2, 0) is 16.6 Å². The highest BCUT2D eigenvalue weighted by atomic mass is 32.2. The molecule has 3 rings (SSSR count). The third-order valence-corrected chi connectivity index (χ3v) is 5.75. The molecule has 0 radical (unpaired) electrons. The van der Waals surface area contributed by atoms with Crippen molar-refractivity contribution in [2.45, 2.75) is 25.3 Å².